The van der Waals surface area contributed by atoms with Gasteiger partial charge in [0, 0.05) is 6.42 Å². The van der Waals surface area contributed by atoms with Gasteiger partial charge < -0.3 is 37.0 Å². The Morgan fingerprint density at radius 2 is 1.32 bits per heavy atom. The summed E-state index contributed by atoms with van der Waals surface area (Å²) in [6.45, 7) is 1.29. The highest BCUT2D eigenvalue weighted by atomic mass is 16.4. The first-order chi connectivity index (χ1) is 17.5. The third-order valence-corrected chi connectivity index (χ3v) is 5.39. The molecule has 37 heavy (non-hydrogen) atoms. The molecule has 12 nitrogen and oxygen atoms in total. The fourth-order valence-corrected chi connectivity index (χ4v) is 3.37. The van der Waals surface area contributed by atoms with E-state index in [1.807, 2.05) is 0 Å². The van der Waals surface area contributed by atoms with Crippen LogP contribution in [0.25, 0.3) is 0 Å². The van der Waals surface area contributed by atoms with E-state index in [9.17, 15) is 39.3 Å². The Bertz CT molecular complexity index is 1110. The minimum Gasteiger partial charge on any atom is -0.508 e. The fraction of sp³-hybridized carbons (Fsp3) is 0.320. The lowest BCUT2D eigenvalue weighted by Crippen LogP contribution is -2.57. The summed E-state index contributed by atoms with van der Waals surface area (Å²) in [5.41, 5.74) is 7.22. The molecule has 0 bridgehead atoms. The van der Waals surface area contributed by atoms with Crippen LogP contribution < -0.4 is 21.7 Å². The lowest BCUT2D eigenvalue weighted by Gasteiger charge is -2.23. The van der Waals surface area contributed by atoms with Crippen LogP contribution in [0.15, 0.2) is 54.6 Å². The second-order valence-electron chi connectivity index (χ2n) is 8.46. The Morgan fingerprint density at radius 1 is 0.757 bits per heavy atom. The van der Waals surface area contributed by atoms with Crippen LogP contribution in [0.4, 0.5) is 0 Å². The zero-order chi connectivity index (χ0) is 27.5. The molecule has 12 heteroatoms. The second-order valence-corrected chi connectivity index (χ2v) is 8.46. The van der Waals surface area contributed by atoms with Gasteiger partial charge in [-0.15, -0.1) is 0 Å². The van der Waals surface area contributed by atoms with Crippen LogP contribution in [0.5, 0.6) is 5.75 Å². The number of hydrogen-bond donors (Lipinski definition) is 7. The third-order valence-electron chi connectivity index (χ3n) is 5.39. The molecular weight excluding hydrogens is 484 g/mol. The number of carboxylic acid groups (broad SMARTS) is 2. The number of benzene rings is 2. The molecule has 0 aliphatic rings. The molecule has 0 saturated heterocycles. The summed E-state index contributed by atoms with van der Waals surface area (Å²) in [6, 6.07) is 9.48. The summed E-state index contributed by atoms with van der Waals surface area (Å²) in [4.78, 5) is 60.7. The van der Waals surface area contributed by atoms with Gasteiger partial charge in [0.1, 0.15) is 23.9 Å². The lowest BCUT2D eigenvalue weighted by molar-refractivity contribution is -0.143. The molecule has 0 radical (unpaired) electrons. The largest absolute Gasteiger partial charge is 0.508 e. The third kappa shape index (κ3) is 9.61. The van der Waals surface area contributed by atoms with Gasteiger partial charge in [-0.25, -0.2) is 4.79 Å². The minimum atomic E-state index is -1.52. The smallest absolute Gasteiger partial charge is 0.326 e. The van der Waals surface area contributed by atoms with E-state index in [1.165, 1.54) is 31.2 Å². The summed E-state index contributed by atoms with van der Waals surface area (Å²) in [6.07, 6.45) is -0.688. The van der Waals surface area contributed by atoms with Gasteiger partial charge in [0.2, 0.25) is 17.7 Å². The summed E-state index contributed by atoms with van der Waals surface area (Å²) in [7, 11) is 0. The summed E-state index contributed by atoms with van der Waals surface area (Å²) in [5, 5.41) is 34.9. The van der Waals surface area contributed by atoms with Crippen LogP contribution in [-0.4, -0.2) is 69.1 Å². The van der Waals surface area contributed by atoms with E-state index in [0.717, 1.165) is 5.56 Å². The number of phenols is 1. The van der Waals surface area contributed by atoms with Gasteiger partial charge in [-0.2, -0.15) is 0 Å². The lowest BCUT2D eigenvalue weighted by atomic mass is 10.0. The number of carboxylic acids is 2. The Kier molecular flexibility index (Phi) is 10.6. The first-order valence-corrected chi connectivity index (χ1v) is 11.4. The van der Waals surface area contributed by atoms with Crippen LogP contribution in [-0.2, 0) is 36.8 Å². The van der Waals surface area contributed by atoms with Crippen LogP contribution in [0, 0.1) is 0 Å². The van der Waals surface area contributed by atoms with Gasteiger partial charge in [0.15, 0.2) is 0 Å². The molecule has 198 valence electrons. The first kappa shape index (κ1) is 28.8. The van der Waals surface area contributed by atoms with Crippen molar-refractivity contribution in [3.05, 3.63) is 65.7 Å². The summed E-state index contributed by atoms with van der Waals surface area (Å²) < 4.78 is 0. The van der Waals surface area contributed by atoms with Crippen LogP contribution in [0.1, 0.15) is 24.5 Å². The zero-order valence-corrected chi connectivity index (χ0v) is 20.1. The van der Waals surface area contributed by atoms with E-state index in [4.69, 9.17) is 5.73 Å². The molecule has 2 aromatic rings. The van der Waals surface area contributed by atoms with Gasteiger partial charge in [0.05, 0.1) is 12.5 Å². The maximum absolute atomic E-state index is 12.7. The second kappa shape index (κ2) is 13.6. The molecule has 4 atom stereocenters. The van der Waals surface area contributed by atoms with E-state index >= 15 is 0 Å². The quantitative estimate of drug-likeness (QED) is 0.184. The number of aliphatic carboxylic acids is 2. The molecule has 2 rings (SSSR count). The maximum Gasteiger partial charge on any atom is 0.326 e. The highest BCUT2D eigenvalue weighted by Gasteiger charge is 2.30. The van der Waals surface area contributed by atoms with E-state index in [1.54, 1.807) is 30.3 Å². The molecule has 0 aliphatic heterocycles. The van der Waals surface area contributed by atoms with Crippen molar-refractivity contribution in [3.8, 4) is 5.75 Å². The Balaban J connectivity index is 1.99. The predicted octanol–water partition coefficient (Wildman–Crippen LogP) is -0.462. The number of rotatable bonds is 13. The highest BCUT2D eigenvalue weighted by Crippen LogP contribution is 2.11. The van der Waals surface area contributed by atoms with Crippen molar-refractivity contribution < 1.29 is 39.3 Å². The SMILES string of the molecule is CC(NC(=O)C(CC(=O)O)NC(=O)C(N)Cc1ccccc1)C(=O)NC(Cc1ccc(O)cc1)C(=O)O. The fourth-order valence-electron chi connectivity index (χ4n) is 3.37. The first-order valence-electron chi connectivity index (χ1n) is 11.4. The molecule has 8 N–H and O–H groups in total. The van der Waals surface area contributed by atoms with Crippen LogP contribution >= 0.6 is 0 Å². The summed E-state index contributed by atoms with van der Waals surface area (Å²) >= 11 is 0. The molecule has 2 aromatic carbocycles. The van der Waals surface area contributed by atoms with Crippen molar-refractivity contribution in [3.63, 3.8) is 0 Å². The van der Waals surface area contributed by atoms with Gasteiger partial charge in [-0.1, -0.05) is 42.5 Å². The zero-order valence-electron chi connectivity index (χ0n) is 20.1. The number of nitrogens with two attached hydrogens (primary N) is 1. The molecule has 0 aliphatic carbocycles. The van der Waals surface area contributed by atoms with E-state index in [2.05, 4.69) is 16.0 Å². The number of carbonyl (C=O) groups is 5. The monoisotopic (exact) mass is 514 g/mol. The molecule has 3 amide bonds. The number of hydrogen-bond acceptors (Lipinski definition) is 7. The maximum atomic E-state index is 12.7. The van der Waals surface area contributed by atoms with E-state index < -0.39 is 60.2 Å². The average Bonchev–Trinajstić information content (AvgIpc) is 2.84. The summed E-state index contributed by atoms with van der Waals surface area (Å²) in [5.74, 6) is -5.21. The number of nitrogens with one attached hydrogen (secondary N) is 3. The molecule has 0 aromatic heterocycles. The molecule has 4 unspecified atom stereocenters. The van der Waals surface area contributed by atoms with Gasteiger partial charge in [-0.3, -0.25) is 19.2 Å². The highest BCUT2D eigenvalue weighted by molar-refractivity contribution is 5.95. The van der Waals surface area contributed by atoms with Gasteiger partial charge in [0.25, 0.3) is 0 Å². The number of phenolic OH excluding ortho intramolecular Hbond substituents is 1. The van der Waals surface area contributed by atoms with E-state index in [-0.39, 0.29) is 18.6 Å². The Labute approximate surface area is 212 Å². The number of carbonyl (C=O) groups excluding carboxylic acids is 3. The number of aromatic hydroxyl groups is 1. The van der Waals surface area contributed by atoms with Crippen LogP contribution in [0.3, 0.4) is 0 Å². The van der Waals surface area contributed by atoms with Gasteiger partial charge >= 0.3 is 11.9 Å². The van der Waals surface area contributed by atoms with Crippen molar-refractivity contribution >= 4 is 29.7 Å². The molecule has 0 heterocycles. The number of amides is 3. The average molecular weight is 515 g/mol. The van der Waals surface area contributed by atoms with Crippen molar-refractivity contribution in [1.29, 1.82) is 0 Å². The van der Waals surface area contributed by atoms with Crippen molar-refractivity contribution in [2.75, 3.05) is 0 Å². The molecule has 0 fully saturated rings. The standard InChI is InChI=1S/C25H30N4O8/c1-14(22(33)29-20(25(36)37)12-16-7-9-17(30)10-8-16)27-24(35)19(13-21(31)32)28-23(34)18(26)11-15-5-3-2-4-6-15/h2-10,14,18-20,30H,11-13,26H2,1H3,(H,27,35)(H,28,34)(H,29,33)(H,31,32)(H,36,37). The van der Waals surface area contributed by atoms with Crippen molar-refractivity contribution in [1.82, 2.24) is 16.0 Å². The Morgan fingerprint density at radius 3 is 1.89 bits per heavy atom. The van der Waals surface area contributed by atoms with E-state index in [0.29, 0.717) is 5.56 Å². The van der Waals surface area contributed by atoms with Crippen molar-refractivity contribution in [2.24, 2.45) is 5.73 Å². The molecular formula is C25H30N4O8. The van der Waals surface area contributed by atoms with Crippen molar-refractivity contribution in [2.45, 2.75) is 50.4 Å². The normalized spacial score (nSPS) is 13.9. The predicted molar refractivity (Wildman–Crippen MR) is 131 cm³/mol. The molecule has 0 saturated carbocycles. The minimum absolute atomic E-state index is 0.0000216. The van der Waals surface area contributed by atoms with Gasteiger partial charge in [-0.05, 0) is 36.6 Å². The molecule has 0 spiro atoms. The van der Waals surface area contributed by atoms with Crippen LogP contribution in [0.2, 0.25) is 0 Å². The Hall–Kier alpha value is -4.45. The topological polar surface area (TPSA) is 208 Å².